The molecule has 4 aromatic rings. The van der Waals surface area contributed by atoms with Crippen LogP contribution < -0.4 is 5.32 Å². The molecule has 0 atom stereocenters. The first-order valence-electron chi connectivity index (χ1n) is 9.47. The van der Waals surface area contributed by atoms with Gasteiger partial charge in [0, 0.05) is 24.6 Å². The molecule has 1 N–H and O–H groups in total. The SMILES string of the molecule is Cc1cc(C)n(-c2ccc(CNC(=O)c3c(C)nn4cccnc34)c(C(F)(F)F)c2)n1. The van der Waals surface area contributed by atoms with Gasteiger partial charge in [0.2, 0.25) is 0 Å². The van der Waals surface area contributed by atoms with Crippen LogP contribution in [0.1, 0.15) is 38.6 Å². The number of amides is 1. The number of carbonyl (C=O) groups excluding carboxylic acids is 1. The summed E-state index contributed by atoms with van der Waals surface area (Å²) in [6.45, 7) is 4.89. The van der Waals surface area contributed by atoms with Crippen LogP contribution in [0, 0.1) is 20.8 Å². The van der Waals surface area contributed by atoms with E-state index >= 15 is 0 Å². The summed E-state index contributed by atoms with van der Waals surface area (Å²) in [6.07, 6.45) is -1.42. The smallest absolute Gasteiger partial charge is 0.348 e. The van der Waals surface area contributed by atoms with Gasteiger partial charge in [0.15, 0.2) is 5.65 Å². The lowest BCUT2D eigenvalue weighted by Gasteiger charge is -2.16. The van der Waals surface area contributed by atoms with E-state index in [2.05, 4.69) is 20.5 Å². The Morgan fingerprint density at radius 2 is 1.90 bits per heavy atom. The lowest BCUT2D eigenvalue weighted by Crippen LogP contribution is -2.25. The van der Waals surface area contributed by atoms with Crippen molar-refractivity contribution in [3.8, 4) is 5.69 Å². The van der Waals surface area contributed by atoms with Crippen LogP contribution in [-0.4, -0.2) is 30.3 Å². The van der Waals surface area contributed by atoms with Crippen LogP contribution in [0.3, 0.4) is 0 Å². The average Bonchev–Trinajstić information content (AvgIpc) is 3.22. The molecule has 31 heavy (non-hydrogen) atoms. The highest BCUT2D eigenvalue weighted by Crippen LogP contribution is 2.33. The first-order chi connectivity index (χ1) is 14.6. The number of benzene rings is 1. The third-order valence-electron chi connectivity index (χ3n) is 4.89. The first-order valence-corrected chi connectivity index (χ1v) is 9.47. The maximum Gasteiger partial charge on any atom is 0.416 e. The van der Waals surface area contributed by atoms with Crippen molar-refractivity contribution in [3.05, 3.63) is 76.5 Å². The number of halogens is 3. The van der Waals surface area contributed by atoms with Crippen molar-refractivity contribution in [1.29, 1.82) is 0 Å². The summed E-state index contributed by atoms with van der Waals surface area (Å²) >= 11 is 0. The van der Waals surface area contributed by atoms with Crippen molar-refractivity contribution in [2.24, 2.45) is 0 Å². The molecule has 0 saturated carbocycles. The van der Waals surface area contributed by atoms with E-state index in [0.717, 1.165) is 11.8 Å². The number of carbonyl (C=O) groups is 1. The molecule has 0 unspecified atom stereocenters. The molecule has 1 aromatic carbocycles. The van der Waals surface area contributed by atoms with Crippen molar-refractivity contribution in [1.82, 2.24) is 29.7 Å². The molecule has 1 amide bonds. The minimum atomic E-state index is -4.59. The normalized spacial score (nSPS) is 11.8. The lowest BCUT2D eigenvalue weighted by molar-refractivity contribution is -0.138. The number of nitrogens with zero attached hydrogens (tertiary/aromatic N) is 5. The minimum absolute atomic E-state index is 0.0479. The summed E-state index contributed by atoms with van der Waals surface area (Å²) in [4.78, 5) is 16.9. The number of fused-ring (bicyclic) bond motifs is 1. The van der Waals surface area contributed by atoms with Gasteiger partial charge in [-0.15, -0.1) is 0 Å². The molecular weight excluding hydrogens is 409 g/mol. The Morgan fingerprint density at radius 3 is 2.58 bits per heavy atom. The van der Waals surface area contributed by atoms with Crippen molar-refractivity contribution in [2.75, 3.05) is 0 Å². The molecule has 4 rings (SSSR count). The number of rotatable bonds is 4. The molecule has 0 aliphatic rings. The van der Waals surface area contributed by atoms with Crippen molar-refractivity contribution < 1.29 is 18.0 Å². The van der Waals surface area contributed by atoms with E-state index in [9.17, 15) is 18.0 Å². The van der Waals surface area contributed by atoms with Crippen molar-refractivity contribution in [3.63, 3.8) is 0 Å². The highest BCUT2D eigenvalue weighted by atomic mass is 19.4. The topological polar surface area (TPSA) is 77.1 Å². The zero-order chi connectivity index (χ0) is 22.3. The van der Waals surface area contributed by atoms with E-state index in [-0.39, 0.29) is 17.7 Å². The largest absolute Gasteiger partial charge is 0.416 e. The van der Waals surface area contributed by atoms with Gasteiger partial charge in [-0.3, -0.25) is 4.79 Å². The highest BCUT2D eigenvalue weighted by molar-refractivity contribution is 6.00. The van der Waals surface area contributed by atoms with Crippen LogP contribution in [0.5, 0.6) is 0 Å². The number of hydrogen-bond acceptors (Lipinski definition) is 4. The quantitative estimate of drug-likeness (QED) is 0.537. The van der Waals surface area contributed by atoms with E-state index in [1.165, 1.54) is 21.5 Å². The predicted molar refractivity (Wildman–Crippen MR) is 107 cm³/mol. The Hall–Kier alpha value is -3.69. The van der Waals surface area contributed by atoms with E-state index < -0.39 is 17.6 Å². The minimum Gasteiger partial charge on any atom is -0.348 e. The van der Waals surface area contributed by atoms with Gasteiger partial charge >= 0.3 is 6.18 Å². The molecule has 10 heteroatoms. The van der Waals surface area contributed by atoms with E-state index in [0.29, 0.717) is 22.7 Å². The number of nitrogens with one attached hydrogen (secondary N) is 1. The second-order valence-corrected chi connectivity index (χ2v) is 7.21. The molecular formula is C21H19F3N6O. The van der Waals surface area contributed by atoms with Crippen LogP contribution in [0.15, 0.2) is 42.7 Å². The zero-order valence-electron chi connectivity index (χ0n) is 17.0. The summed E-state index contributed by atoms with van der Waals surface area (Å²) < 4.78 is 44.2. The monoisotopic (exact) mass is 428 g/mol. The summed E-state index contributed by atoms with van der Waals surface area (Å²) in [5.74, 6) is -0.540. The maximum absolute atomic E-state index is 13.8. The molecule has 0 fully saturated rings. The van der Waals surface area contributed by atoms with Gasteiger partial charge in [0.25, 0.3) is 5.91 Å². The molecule has 0 spiro atoms. The molecule has 0 saturated heterocycles. The Balaban J connectivity index is 1.64. The third kappa shape index (κ3) is 3.88. The maximum atomic E-state index is 13.8. The van der Waals surface area contributed by atoms with Gasteiger partial charge in [-0.05, 0) is 50.6 Å². The van der Waals surface area contributed by atoms with Gasteiger partial charge in [0.1, 0.15) is 5.56 Å². The lowest BCUT2D eigenvalue weighted by atomic mass is 10.1. The van der Waals surface area contributed by atoms with Crippen LogP contribution in [0.4, 0.5) is 13.2 Å². The Kier molecular flexibility index (Phi) is 5.00. The predicted octanol–water partition coefficient (Wildman–Crippen LogP) is 3.79. The molecule has 7 nitrogen and oxygen atoms in total. The van der Waals surface area contributed by atoms with Crippen LogP contribution in [-0.2, 0) is 12.7 Å². The number of aromatic nitrogens is 5. The van der Waals surface area contributed by atoms with Gasteiger partial charge in [0.05, 0.1) is 22.6 Å². The average molecular weight is 428 g/mol. The summed E-state index contributed by atoms with van der Waals surface area (Å²) in [5.41, 5.74) is 1.87. The van der Waals surface area contributed by atoms with Crippen LogP contribution in [0.25, 0.3) is 11.3 Å². The third-order valence-corrected chi connectivity index (χ3v) is 4.89. The Morgan fingerprint density at radius 1 is 1.13 bits per heavy atom. The van der Waals surface area contributed by atoms with Gasteiger partial charge in [-0.2, -0.15) is 23.4 Å². The summed E-state index contributed by atoms with van der Waals surface area (Å²) in [5, 5.41) is 11.0. The molecule has 0 bridgehead atoms. The standard InChI is InChI=1S/C21H19F3N6O/c1-12-9-13(2)30(27-12)16-6-5-15(17(10-16)21(22,23)24)11-26-20(31)18-14(3)28-29-8-4-7-25-19(18)29/h4-10H,11H2,1-3H3,(H,26,31). The molecule has 3 aromatic heterocycles. The van der Waals surface area contributed by atoms with Gasteiger partial charge in [-0.25, -0.2) is 14.2 Å². The number of hydrogen-bond donors (Lipinski definition) is 1. The van der Waals surface area contributed by atoms with Crippen molar-refractivity contribution >= 4 is 11.6 Å². The number of alkyl halides is 3. The fourth-order valence-electron chi connectivity index (χ4n) is 3.53. The highest BCUT2D eigenvalue weighted by Gasteiger charge is 2.34. The molecule has 0 aliphatic carbocycles. The molecule has 3 heterocycles. The first kappa shape index (κ1) is 20.6. The Bertz CT molecular complexity index is 1290. The molecule has 160 valence electrons. The molecule has 0 aliphatic heterocycles. The van der Waals surface area contributed by atoms with E-state index in [4.69, 9.17) is 0 Å². The van der Waals surface area contributed by atoms with Gasteiger partial charge < -0.3 is 5.32 Å². The summed E-state index contributed by atoms with van der Waals surface area (Å²) in [6, 6.07) is 7.41. The van der Waals surface area contributed by atoms with Crippen LogP contribution in [0.2, 0.25) is 0 Å². The fraction of sp³-hybridized carbons (Fsp3) is 0.238. The van der Waals surface area contributed by atoms with E-state index in [1.54, 1.807) is 45.2 Å². The van der Waals surface area contributed by atoms with E-state index in [1.807, 2.05) is 0 Å². The molecule has 0 radical (unpaired) electrons. The number of aryl methyl sites for hydroxylation is 3. The zero-order valence-corrected chi connectivity index (χ0v) is 17.0. The summed E-state index contributed by atoms with van der Waals surface area (Å²) in [7, 11) is 0. The second-order valence-electron chi connectivity index (χ2n) is 7.21. The van der Waals surface area contributed by atoms with Crippen molar-refractivity contribution in [2.45, 2.75) is 33.5 Å². The van der Waals surface area contributed by atoms with Gasteiger partial charge in [-0.1, -0.05) is 6.07 Å². The fourth-order valence-corrected chi connectivity index (χ4v) is 3.53. The Labute approximate surface area is 175 Å². The second kappa shape index (κ2) is 7.53. The van der Waals surface area contributed by atoms with Crippen LogP contribution >= 0.6 is 0 Å².